The van der Waals surface area contributed by atoms with Crippen LogP contribution in [0.1, 0.15) is 26.2 Å². The second kappa shape index (κ2) is 8.02. The maximum Gasteiger partial charge on any atom is 0.227 e. The van der Waals surface area contributed by atoms with Gasteiger partial charge in [0.05, 0.1) is 11.4 Å². The molecule has 128 valence electrons. The van der Waals surface area contributed by atoms with Gasteiger partial charge in [-0.1, -0.05) is 19.1 Å². The summed E-state index contributed by atoms with van der Waals surface area (Å²) in [5.41, 5.74) is 2.24. The lowest BCUT2D eigenvalue weighted by atomic mass is 10.0. The fourth-order valence-corrected chi connectivity index (χ4v) is 3.71. The number of rotatable bonds is 3. The number of fused-ring (bicyclic) bond motifs is 1. The molecule has 1 aromatic carbocycles. The van der Waals surface area contributed by atoms with Gasteiger partial charge >= 0.3 is 0 Å². The Morgan fingerprint density at radius 3 is 2.70 bits per heavy atom. The minimum atomic E-state index is 0. The first-order valence-electron chi connectivity index (χ1n) is 8.46. The van der Waals surface area contributed by atoms with Crippen LogP contribution in [0.4, 0.5) is 11.4 Å². The van der Waals surface area contributed by atoms with Gasteiger partial charge in [-0.3, -0.25) is 4.79 Å². The number of amides is 1. The topological polar surface area (TPSA) is 35.6 Å². The Hall–Kier alpha value is -1.26. The van der Waals surface area contributed by atoms with Gasteiger partial charge < -0.3 is 15.1 Å². The maximum atomic E-state index is 12.8. The fourth-order valence-electron chi connectivity index (χ4n) is 3.71. The van der Waals surface area contributed by atoms with Crippen molar-refractivity contribution < 1.29 is 4.79 Å². The van der Waals surface area contributed by atoms with Gasteiger partial charge in [0.1, 0.15) is 0 Å². The van der Waals surface area contributed by atoms with Crippen LogP contribution < -0.4 is 15.1 Å². The normalized spacial score (nSPS) is 23.9. The number of nitrogens with one attached hydrogen (secondary N) is 1. The number of carbonyl (C=O) groups is 1. The summed E-state index contributed by atoms with van der Waals surface area (Å²) in [6.07, 6.45) is 2.88. The molecule has 0 bridgehead atoms. The number of para-hydroxylation sites is 2. The number of halogens is 1. The van der Waals surface area contributed by atoms with E-state index in [0.29, 0.717) is 18.3 Å². The summed E-state index contributed by atoms with van der Waals surface area (Å²) in [5, 5.41) is 3.38. The van der Waals surface area contributed by atoms with Crippen LogP contribution in [0.5, 0.6) is 0 Å². The molecule has 1 fully saturated rings. The Labute approximate surface area is 145 Å². The lowest BCUT2D eigenvalue weighted by Crippen LogP contribution is -2.35. The standard InChI is InChI=1S/C18H27N3O.ClH/c1-14-12-20(2)16-5-3-4-6-17(16)21(13-14)18(22)8-7-15-9-10-19-11-15;/h3-6,14-15,19H,7-13H2,1-2H3;1H. The van der Waals surface area contributed by atoms with Gasteiger partial charge in [-0.25, -0.2) is 0 Å². The van der Waals surface area contributed by atoms with Crippen molar-refractivity contribution in [3.63, 3.8) is 0 Å². The van der Waals surface area contributed by atoms with Crippen LogP contribution in [0.2, 0.25) is 0 Å². The molecule has 0 aliphatic carbocycles. The lowest BCUT2D eigenvalue weighted by Gasteiger charge is -2.25. The highest BCUT2D eigenvalue weighted by molar-refractivity contribution is 5.97. The van der Waals surface area contributed by atoms with E-state index < -0.39 is 0 Å². The van der Waals surface area contributed by atoms with E-state index in [9.17, 15) is 4.79 Å². The van der Waals surface area contributed by atoms with E-state index in [2.05, 4.69) is 42.4 Å². The molecule has 1 aromatic rings. The van der Waals surface area contributed by atoms with Gasteiger partial charge in [-0.15, -0.1) is 12.4 Å². The zero-order valence-corrected chi connectivity index (χ0v) is 14.9. The SMILES string of the molecule is CC1CN(C)c2ccccc2N(C(=O)CCC2CCNC2)C1.Cl. The molecular weight excluding hydrogens is 310 g/mol. The average molecular weight is 338 g/mol. The zero-order chi connectivity index (χ0) is 15.5. The highest BCUT2D eigenvalue weighted by atomic mass is 35.5. The Bertz CT molecular complexity index is 531. The van der Waals surface area contributed by atoms with Crippen molar-refractivity contribution >= 4 is 29.7 Å². The molecule has 23 heavy (non-hydrogen) atoms. The Kier molecular flexibility index (Phi) is 6.31. The van der Waals surface area contributed by atoms with Crippen molar-refractivity contribution in [2.75, 3.05) is 43.0 Å². The molecule has 1 N–H and O–H groups in total. The summed E-state index contributed by atoms with van der Waals surface area (Å²) < 4.78 is 0. The van der Waals surface area contributed by atoms with Crippen LogP contribution in [0.3, 0.4) is 0 Å². The molecule has 1 amide bonds. The molecular formula is C18H28ClN3O. The van der Waals surface area contributed by atoms with Crippen LogP contribution in [0, 0.1) is 11.8 Å². The van der Waals surface area contributed by atoms with E-state index in [-0.39, 0.29) is 18.3 Å². The molecule has 1 saturated heterocycles. The van der Waals surface area contributed by atoms with Gasteiger partial charge in [0, 0.05) is 26.6 Å². The van der Waals surface area contributed by atoms with Gasteiger partial charge in [0.25, 0.3) is 0 Å². The monoisotopic (exact) mass is 337 g/mol. The van der Waals surface area contributed by atoms with Crippen molar-refractivity contribution in [2.45, 2.75) is 26.2 Å². The Morgan fingerprint density at radius 1 is 1.26 bits per heavy atom. The summed E-state index contributed by atoms with van der Waals surface area (Å²) in [4.78, 5) is 17.1. The summed E-state index contributed by atoms with van der Waals surface area (Å²) >= 11 is 0. The van der Waals surface area contributed by atoms with E-state index in [1.165, 1.54) is 12.1 Å². The molecule has 2 aliphatic rings. The predicted molar refractivity (Wildman–Crippen MR) is 98.7 cm³/mol. The van der Waals surface area contributed by atoms with Crippen molar-refractivity contribution in [3.8, 4) is 0 Å². The minimum absolute atomic E-state index is 0. The summed E-state index contributed by atoms with van der Waals surface area (Å²) in [6.45, 7) is 6.22. The molecule has 2 heterocycles. The molecule has 4 nitrogen and oxygen atoms in total. The molecule has 3 rings (SSSR count). The smallest absolute Gasteiger partial charge is 0.227 e. The number of nitrogens with zero attached hydrogens (tertiary/aromatic N) is 2. The second-order valence-corrected chi connectivity index (χ2v) is 6.88. The molecule has 5 heteroatoms. The highest BCUT2D eigenvalue weighted by Crippen LogP contribution is 2.33. The largest absolute Gasteiger partial charge is 0.373 e. The van der Waals surface area contributed by atoms with E-state index in [0.717, 1.165) is 38.3 Å². The first-order valence-corrected chi connectivity index (χ1v) is 8.46. The Balaban J connectivity index is 0.00000192. The van der Waals surface area contributed by atoms with Crippen molar-refractivity contribution in [1.29, 1.82) is 0 Å². The number of anilines is 2. The molecule has 0 aromatic heterocycles. The fraction of sp³-hybridized carbons (Fsp3) is 0.611. The third-order valence-electron chi connectivity index (χ3n) is 4.89. The summed E-state index contributed by atoms with van der Waals surface area (Å²) in [5.74, 6) is 1.43. The highest BCUT2D eigenvalue weighted by Gasteiger charge is 2.27. The third-order valence-corrected chi connectivity index (χ3v) is 4.89. The number of benzene rings is 1. The zero-order valence-electron chi connectivity index (χ0n) is 14.1. The van der Waals surface area contributed by atoms with Crippen LogP contribution >= 0.6 is 12.4 Å². The molecule has 0 spiro atoms. The minimum Gasteiger partial charge on any atom is -0.373 e. The van der Waals surface area contributed by atoms with Crippen molar-refractivity contribution in [3.05, 3.63) is 24.3 Å². The summed E-state index contributed by atoms with van der Waals surface area (Å²) in [7, 11) is 2.12. The molecule has 2 aliphatic heterocycles. The average Bonchev–Trinajstić information content (AvgIpc) is 2.99. The Morgan fingerprint density at radius 2 is 2.00 bits per heavy atom. The van der Waals surface area contributed by atoms with Gasteiger partial charge in [0.2, 0.25) is 5.91 Å². The van der Waals surface area contributed by atoms with E-state index in [1.807, 2.05) is 11.0 Å². The quantitative estimate of drug-likeness (QED) is 0.921. The molecule has 0 radical (unpaired) electrons. The van der Waals surface area contributed by atoms with E-state index in [1.54, 1.807) is 0 Å². The maximum absolute atomic E-state index is 12.8. The van der Waals surface area contributed by atoms with Crippen LogP contribution in [0.15, 0.2) is 24.3 Å². The van der Waals surface area contributed by atoms with Gasteiger partial charge in [0.15, 0.2) is 0 Å². The first-order chi connectivity index (χ1) is 10.6. The lowest BCUT2D eigenvalue weighted by molar-refractivity contribution is -0.119. The van der Waals surface area contributed by atoms with Crippen molar-refractivity contribution in [2.24, 2.45) is 11.8 Å². The van der Waals surface area contributed by atoms with E-state index >= 15 is 0 Å². The van der Waals surface area contributed by atoms with Gasteiger partial charge in [-0.05, 0) is 49.9 Å². The number of hydrogen-bond acceptors (Lipinski definition) is 3. The summed E-state index contributed by atoms with van der Waals surface area (Å²) in [6, 6.07) is 8.29. The predicted octanol–water partition coefficient (Wildman–Crippen LogP) is 2.92. The number of hydrogen-bond donors (Lipinski definition) is 1. The first kappa shape index (κ1) is 18.1. The third kappa shape index (κ3) is 4.18. The van der Waals surface area contributed by atoms with E-state index in [4.69, 9.17) is 0 Å². The second-order valence-electron chi connectivity index (χ2n) is 6.88. The van der Waals surface area contributed by atoms with Crippen LogP contribution in [0.25, 0.3) is 0 Å². The van der Waals surface area contributed by atoms with Gasteiger partial charge in [-0.2, -0.15) is 0 Å². The molecule has 2 atom stereocenters. The molecule has 2 unspecified atom stereocenters. The van der Waals surface area contributed by atoms with Crippen molar-refractivity contribution in [1.82, 2.24) is 5.32 Å². The van der Waals surface area contributed by atoms with Crippen LogP contribution in [-0.2, 0) is 4.79 Å². The number of carbonyl (C=O) groups excluding carboxylic acids is 1. The molecule has 0 saturated carbocycles. The van der Waals surface area contributed by atoms with Crippen LogP contribution in [-0.4, -0.2) is 39.1 Å².